The van der Waals surface area contributed by atoms with Gasteiger partial charge in [0.1, 0.15) is 11.6 Å². The Morgan fingerprint density at radius 2 is 2.08 bits per heavy atom. The first kappa shape index (κ1) is 19.6. The second kappa shape index (κ2) is 9.68. The first-order valence-corrected chi connectivity index (χ1v) is 8.74. The lowest BCUT2D eigenvalue weighted by Crippen LogP contribution is -2.39. The van der Waals surface area contributed by atoms with Gasteiger partial charge in [0.15, 0.2) is 5.96 Å². The van der Waals surface area contributed by atoms with E-state index in [1.54, 1.807) is 0 Å². The summed E-state index contributed by atoms with van der Waals surface area (Å²) in [7, 11) is 0. The Bertz CT molecular complexity index is 555. The van der Waals surface area contributed by atoms with Crippen LogP contribution in [-0.2, 0) is 11.2 Å². The SMILES string of the molecule is CCNC(=NCC1(CCO)CCOC1)NCCc1c(F)cccc1F. The molecular weight excluding hydrogens is 328 g/mol. The highest BCUT2D eigenvalue weighted by Crippen LogP contribution is 2.32. The molecule has 1 aromatic rings. The van der Waals surface area contributed by atoms with Crippen LogP contribution in [0.25, 0.3) is 0 Å². The molecule has 1 unspecified atom stereocenters. The van der Waals surface area contributed by atoms with Crippen LogP contribution in [0.1, 0.15) is 25.3 Å². The molecule has 1 aliphatic rings. The summed E-state index contributed by atoms with van der Waals surface area (Å²) in [6.45, 7) is 4.93. The Balaban J connectivity index is 1.93. The summed E-state index contributed by atoms with van der Waals surface area (Å²) < 4.78 is 32.8. The van der Waals surface area contributed by atoms with Crippen molar-refractivity contribution >= 4 is 5.96 Å². The average molecular weight is 355 g/mol. The summed E-state index contributed by atoms with van der Waals surface area (Å²) in [5.41, 5.74) is -0.0545. The molecule has 0 amide bonds. The van der Waals surface area contributed by atoms with Crippen LogP contribution >= 0.6 is 0 Å². The highest BCUT2D eigenvalue weighted by molar-refractivity contribution is 5.79. The van der Waals surface area contributed by atoms with Crippen LogP contribution in [0, 0.1) is 17.0 Å². The Morgan fingerprint density at radius 3 is 2.68 bits per heavy atom. The summed E-state index contributed by atoms with van der Waals surface area (Å²) in [4.78, 5) is 4.58. The zero-order chi connectivity index (χ0) is 18.1. The number of hydrogen-bond donors (Lipinski definition) is 3. The highest BCUT2D eigenvalue weighted by Gasteiger charge is 2.34. The average Bonchev–Trinajstić information content (AvgIpc) is 3.04. The van der Waals surface area contributed by atoms with E-state index >= 15 is 0 Å². The third-order valence-electron chi connectivity index (χ3n) is 4.47. The van der Waals surface area contributed by atoms with Gasteiger partial charge in [-0.25, -0.2) is 8.78 Å². The number of rotatable bonds is 8. The van der Waals surface area contributed by atoms with Gasteiger partial charge in [-0.3, -0.25) is 4.99 Å². The van der Waals surface area contributed by atoms with Gasteiger partial charge in [-0.05, 0) is 38.3 Å². The fourth-order valence-corrected chi connectivity index (χ4v) is 2.95. The van der Waals surface area contributed by atoms with Crippen molar-refractivity contribution in [1.29, 1.82) is 0 Å². The first-order chi connectivity index (χ1) is 12.1. The number of aliphatic imine (C=N–C) groups is 1. The van der Waals surface area contributed by atoms with E-state index in [9.17, 15) is 13.9 Å². The summed E-state index contributed by atoms with van der Waals surface area (Å²) in [6, 6.07) is 3.88. The van der Waals surface area contributed by atoms with E-state index in [-0.39, 0.29) is 24.0 Å². The van der Waals surface area contributed by atoms with Crippen LogP contribution < -0.4 is 10.6 Å². The van der Waals surface area contributed by atoms with Crippen molar-refractivity contribution in [3.05, 3.63) is 35.4 Å². The van der Waals surface area contributed by atoms with Crippen molar-refractivity contribution in [2.45, 2.75) is 26.2 Å². The van der Waals surface area contributed by atoms with Crippen molar-refractivity contribution in [2.75, 3.05) is 39.5 Å². The predicted molar refractivity (Wildman–Crippen MR) is 93.6 cm³/mol. The van der Waals surface area contributed by atoms with Crippen LogP contribution in [-0.4, -0.2) is 50.5 Å². The van der Waals surface area contributed by atoms with Crippen LogP contribution in [0.4, 0.5) is 8.78 Å². The minimum absolute atomic E-state index is 0.0757. The lowest BCUT2D eigenvalue weighted by atomic mass is 9.84. The van der Waals surface area contributed by atoms with Crippen LogP contribution in [0.2, 0.25) is 0 Å². The first-order valence-electron chi connectivity index (χ1n) is 8.74. The van der Waals surface area contributed by atoms with Crippen molar-refractivity contribution in [3.63, 3.8) is 0 Å². The third kappa shape index (κ3) is 5.64. The van der Waals surface area contributed by atoms with Crippen molar-refractivity contribution < 1.29 is 18.6 Å². The number of ether oxygens (including phenoxy) is 1. The summed E-state index contributed by atoms with van der Waals surface area (Å²) in [5.74, 6) is -0.467. The van der Waals surface area contributed by atoms with Gasteiger partial charge in [0.25, 0.3) is 0 Å². The fourth-order valence-electron chi connectivity index (χ4n) is 2.95. The highest BCUT2D eigenvalue weighted by atomic mass is 19.1. The topological polar surface area (TPSA) is 65.9 Å². The minimum atomic E-state index is -0.534. The van der Waals surface area contributed by atoms with Gasteiger partial charge in [-0.15, -0.1) is 0 Å². The lowest BCUT2D eigenvalue weighted by Gasteiger charge is -2.24. The van der Waals surface area contributed by atoms with Gasteiger partial charge in [-0.1, -0.05) is 6.07 Å². The maximum Gasteiger partial charge on any atom is 0.191 e. The summed E-state index contributed by atoms with van der Waals surface area (Å²) in [5, 5.41) is 15.5. The van der Waals surface area contributed by atoms with E-state index in [0.717, 1.165) is 6.42 Å². The molecular formula is C18H27F2N3O2. The second-order valence-corrected chi connectivity index (χ2v) is 6.35. The number of nitrogens with zero attached hydrogens (tertiary/aromatic N) is 1. The molecule has 7 heteroatoms. The molecule has 0 spiro atoms. The van der Waals surface area contributed by atoms with E-state index < -0.39 is 11.6 Å². The number of benzene rings is 1. The molecule has 140 valence electrons. The standard InChI is InChI=1S/C18H27F2N3O2/c1-2-21-17(23-12-18(7-10-24)8-11-25-13-18)22-9-6-14-15(19)4-3-5-16(14)20/h3-5,24H,2,6-13H2,1H3,(H2,21,22,23). The van der Waals surface area contributed by atoms with Crippen LogP contribution in [0.5, 0.6) is 0 Å². The molecule has 2 rings (SSSR count). The smallest absolute Gasteiger partial charge is 0.191 e. The molecule has 1 fully saturated rings. The molecule has 0 radical (unpaired) electrons. The van der Waals surface area contributed by atoms with E-state index in [4.69, 9.17) is 4.74 Å². The lowest BCUT2D eigenvalue weighted by molar-refractivity contribution is 0.131. The molecule has 25 heavy (non-hydrogen) atoms. The van der Waals surface area contributed by atoms with E-state index in [2.05, 4.69) is 15.6 Å². The van der Waals surface area contributed by atoms with Gasteiger partial charge in [0, 0.05) is 37.3 Å². The van der Waals surface area contributed by atoms with E-state index in [1.165, 1.54) is 18.2 Å². The molecule has 3 N–H and O–H groups in total. The minimum Gasteiger partial charge on any atom is -0.396 e. The monoisotopic (exact) mass is 355 g/mol. The van der Waals surface area contributed by atoms with Crippen LogP contribution in [0.3, 0.4) is 0 Å². The second-order valence-electron chi connectivity index (χ2n) is 6.35. The van der Waals surface area contributed by atoms with Gasteiger partial charge >= 0.3 is 0 Å². The van der Waals surface area contributed by atoms with E-state index in [0.29, 0.717) is 45.2 Å². The number of nitrogens with one attached hydrogen (secondary N) is 2. The number of hydrogen-bond acceptors (Lipinski definition) is 3. The van der Waals surface area contributed by atoms with Crippen molar-refractivity contribution in [3.8, 4) is 0 Å². The van der Waals surface area contributed by atoms with Crippen molar-refractivity contribution in [1.82, 2.24) is 10.6 Å². The molecule has 0 bridgehead atoms. The van der Waals surface area contributed by atoms with Gasteiger partial charge in [-0.2, -0.15) is 0 Å². The Labute approximate surface area is 147 Å². The van der Waals surface area contributed by atoms with Crippen molar-refractivity contribution in [2.24, 2.45) is 10.4 Å². The maximum atomic E-state index is 13.7. The molecule has 1 saturated heterocycles. The summed E-state index contributed by atoms with van der Waals surface area (Å²) in [6.07, 6.45) is 1.75. The molecule has 1 aromatic carbocycles. The van der Waals surface area contributed by atoms with Crippen LogP contribution in [0.15, 0.2) is 23.2 Å². The number of guanidine groups is 1. The Kier molecular flexibility index (Phi) is 7.58. The quantitative estimate of drug-likeness (QED) is 0.492. The zero-order valence-electron chi connectivity index (χ0n) is 14.7. The Morgan fingerprint density at radius 1 is 1.32 bits per heavy atom. The third-order valence-corrected chi connectivity index (χ3v) is 4.47. The molecule has 0 saturated carbocycles. The van der Waals surface area contributed by atoms with Gasteiger partial charge in [0.2, 0.25) is 0 Å². The van der Waals surface area contributed by atoms with Gasteiger partial charge < -0.3 is 20.5 Å². The largest absolute Gasteiger partial charge is 0.396 e. The molecule has 0 aromatic heterocycles. The Hall–Kier alpha value is -1.73. The normalized spacial score (nSPS) is 20.7. The molecule has 1 atom stereocenters. The number of aliphatic hydroxyl groups excluding tert-OH is 1. The number of aliphatic hydroxyl groups is 1. The number of halogens is 2. The fraction of sp³-hybridized carbons (Fsp3) is 0.611. The summed E-state index contributed by atoms with van der Waals surface area (Å²) >= 11 is 0. The molecule has 1 aliphatic heterocycles. The van der Waals surface area contributed by atoms with E-state index in [1.807, 2.05) is 6.92 Å². The molecule has 1 heterocycles. The predicted octanol–water partition coefficient (Wildman–Crippen LogP) is 1.85. The zero-order valence-corrected chi connectivity index (χ0v) is 14.7. The molecule has 0 aliphatic carbocycles. The van der Waals surface area contributed by atoms with Gasteiger partial charge in [0.05, 0.1) is 13.2 Å². The maximum absolute atomic E-state index is 13.7. The molecule has 5 nitrogen and oxygen atoms in total.